The second kappa shape index (κ2) is 6.44. The second-order valence-corrected chi connectivity index (χ2v) is 5.02. The minimum atomic E-state index is -1.44. The van der Waals surface area contributed by atoms with E-state index in [0.29, 0.717) is 5.75 Å². The maximum Gasteiger partial charge on any atom is 0.296 e. The van der Waals surface area contributed by atoms with Crippen LogP contribution in [0.3, 0.4) is 0 Å². The molecule has 4 N–H and O–H groups in total. The number of aliphatic hydroxyl groups is 3. The lowest BCUT2D eigenvalue weighted by molar-refractivity contribution is -0.384. The highest BCUT2D eigenvalue weighted by Gasteiger charge is 2.42. The molecule has 0 amide bonds. The third-order valence-electron chi connectivity index (χ3n) is 3.55. The number of hydrogen-bond donors (Lipinski definition) is 4. The number of benzene rings is 1. The van der Waals surface area contributed by atoms with Crippen LogP contribution in [0.15, 0.2) is 18.2 Å². The summed E-state index contributed by atoms with van der Waals surface area (Å²) in [7, 11) is 1.39. The first-order chi connectivity index (χ1) is 10.3. The van der Waals surface area contributed by atoms with Crippen LogP contribution in [0.1, 0.15) is 6.92 Å². The van der Waals surface area contributed by atoms with E-state index in [4.69, 9.17) is 9.47 Å². The lowest BCUT2D eigenvalue weighted by Gasteiger charge is -2.39. The molecule has 1 saturated heterocycles. The minimum absolute atomic E-state index is 0.102. The molecule has 0 radical (unpaired) electrons. The Morgan fingerprint density at radius 3 is 2.55 bits per heavy atom. The van der Waals surface area contributed by atoms with Crippen LogP contribution in [0.2, 0.25) is 0 Å². The van der Waals surface area contributed by atoms with Crippen molar-refractivity contribution >= 4 is 11.4 Å². The minimum Gasteiger partial charge on any atom is -0.496 e. The van der Waals surface area contributed by atoms with Gasteiger partial charge < -0.3 is 30.1 Å². The summed E-state index contributed by atoms with van der Waals surface area (Å²) in [6.07, 6.45) is -5.93. The van der Waals surface area contributed by atoms with Gasteiger partial charge in [0.25, 0.3) is 5.69 Å². The molecule has 9 nitrogen and oxygen atoms in total. The number of nitrogens with one attached hydrogen (secondary N) is 1. The molecular formula is C13H18N2O7. The van der Waals surface area contributed by atoms with Crippen molar-refractivity contribution in [2.24, 2.45) is 0 Å². The van der Waals surface area contributed by atoms with Gasteiger partial charge in [-0.3, -0.25) is 10.1 Å². The van der Waals surface area contributed by atoms with Crippen molar-refractivity contribution in [3.8, 4) is 5.75 Å². The summed E-state index contributed by atoms with van der Waals surface area (Å²) in [4.78, 5) is 10.5. The number of ether oxygens (including phenoxy) is 2. The Hall–Kier alpha value is -1.94. The summed E-state index contributed by atoms with van der Waals surface area (Å²) in [6, 6.07) is 4.15. The van der Waals surface area contributed by atoms with Gasteiger partial charge in [-0.25, -0.2) is 0 Å². The average Bonchev–Trinajstić information content (AvgIpc) is 2.50. The van der Waals surface area contributed by atoms with Gasteiger partial charge in [0.2, 0.25) is 0 Å². The van der Waals surface area contributed by atoms with E-state index < -0.39 is 35.6 Å². The smallest absolute Gasteiger partial charge is 0.296 e. The van der Waals surface area contributed by atoms with Crippen LogP contribution in [-0.4, -0.2) is 58.0 Å². The van der Waals surface area contributed by atoms with E-state index in [0.717, 1.165) is 0 Å². The van der Waals surface area contributed by atoms with Gasteiger partial charge in [0.05, 0.1) is 24.2 Å². The molecule has 0 unspecified atom stereocenters. The molecule has 22 heavy (non-hydrogen) atoms. The van der Waals surface area contributed by atoms with Crippen molar-refractivity contribution in [1.29, 1.82) is 0 Å². The molecule has 1 fully saturated rings. The van der Waals surface area contributed by atoms with Crippen LogP contribution in [0, 0.1) is 10.1 Å². The highest BCUT2D eigenvalue weighted by molar-refractivity contribution is 5.64. The maximum absolute atomic E-state index is 11.1. The third-order valence-corrected chi connectivity index (χ3v) is 3.55. The molecule has 0 saturated carbocycles. The number of nitro groups is 1. The first kappa shape index (κ1) is 16.4. The van der Waals surface area contributed by atoms with E-state index in [1.54, 1.807) is 0 Å². The quantitative estimate of drug-likeness (QED) is 0.445. The first-order valence-electron chi connectivity index (χ1n) is 6.63. The van der Waals surface area contributed by atoms with Gasteiger partial charge in [0.1, 0.15) is 29.7 Å². The van der Waals surface area contributed by atoms with Crippen molar-refractivity contribution in [3.05, 3.63) is 28.3 Å². The van der Waals surface area contributed by atoms with Gasteiger partial charge >= 0.3 is 0 Å². The normalized spacial score (nSPS) is 31.6. The zero-order valence-corrected chi connectivity index (χ0v) is 12.0. The Kier molecular flexibility index (Phi) is 4.81. The van der Waals surface area contributed by atoms with Gasteiger partial charge in [-0.15, -0.1) is 0 Å². The van der Waals surface area contributed by atoms with Crippen LogP contribution in [0.25, 0.3) is 0 Å². The molecule has 1 aromatic rings. The fraction of sp³-hybridized carbons (Fsp3) is 0.538. The summed E-state index contributed by atoms with van der Waals surface area (Å²) in [5, 5.41) is 43.1. The average molecular weight is 314 g/mol. The summed E-state index contributed by atoms with van der Waals surface area (Å²) >= 11 is 0. The van der Waals surface area contributed by atoms with E-state index in [1.807, 2.05) is 0 Å². The van der Waals surface area contributed by atoms with Crippen LogP contribution in [0.5, 0.6) is 5.75 Å². The molecular weight excluding hydrogens is 296 g/mol. The third kappa shape index (κ3) is 3.12. The highest BCUT2D eigenvalue weighted by Crippen LogP contribution is 2.31. The zero-order chi connectivity index (χ0) is 16.4. The predicted octanol–water partition coefficient (Wildman–Crippen LogP) is -0.157. The standard InChI is InChI=1S/C13H18N2O7/c1-6-10(16)11(17)12(18)13(22-6)14-8-4-3-7(21-2)5-9(8)15(19)20/h3-6,10-14,16-18H,1-2H3/t6-,10-,11+,12+,13-/m1/s1. The molecule has 122 valence electrons. The van der Waals surface area contributed by atoms with Gasteiger partial charge in [-0.05, 0) is 19.1 Å². The number of anilines is 1. The largest absolute Gasteiger partial charge is 0.496 e. The monoisotopic (exact) mass is 314 g/mol. The first-order valence-corrected chi connectivity index (χ1v) is 6.63. The molecule has 1 heterocycles. The van der Waals surface area contributed by atoms with Crippen molar-refractivity contribution in [2.75, 3.05) is 12.4 Å². The molecule has 1 aliphatic rings. The fourth-order valence-electron chi connectivity index (χ4n) is 2.24. The Balaban J connectivity index is 2.24. The van der Waals surface area contributed by atoms with E-state index in [9.17, 15) is 25.4 Å². The Labute approximate surface area is 126 Å². The zero-order valence-electron chi connectivity index (χ0n) is 12.0. The van der Waals surface area contributed by atoms with Crippen LogP contribution < -0.4 is 10.1 Å². The lowest BCUT2D eigenvalue weighted by atomic mass is 9.99. The summed E-state index contributed by atoms with van der Waals surface area (Å²) in [5.74, 6) is 0.311. The summed E-state index contributed by atoms with van der Waals surface area (Å²) in [5.41, 5.74) is -0.158. The van der Waals surface area contributed by atoms with Gasteiger partial charge in [-0.1, -0.05) is 0 Å². The van der Waals surface area contributed by atoms with Gasteiger partial charge in [0.15, 0.2) is 6.23 Å². The van der Waals surface area contributed by atoms with Crippen LogP contribution >= 0.6 is 0 Å². The van der Waals surface area contributed by atoms with Crippen molar-refractivity contribution < 1.29 is 29.7 Å². The number of hydrogen-bond acceptors (Lipinski definition) is 8. The van der Waals surface area contributed by atoms with E-state index in [2.05, 4.69) is 5.32 Å². The molecule has 0 bridgehead atoms. The Morgan fingerprint density at radius 2 is 1.95 bits per heavy atom. The summed E-state index contributed by atoms with van der Waals surface area (Å²) in [6.45, 7) is 1.52. The lowest BCUT2D eigenvalue weighted by Crippen LogP contribution is -2.58. The van der Waals surface area contributed by atoms with Crippen molar-refractivity contribution in [1.82, 2.24) is 0 Å². The molecule has 0 aromatic heterocycles. The second-order valence-electron chi connectivity index (χ2n) is 5.02. The van der Waals surface area contributed by atoms with E-state index in [-0.39, 0.29) is 11.4 Å². The number of nitrogens with zero attached hydrogens (tertiary/aromatic N) is 1. The Bertz CT molecular complexity index is 553. The van der Waals surface area contributed by atoms with Crippen LogP contribution in [0.4, 0.5) is 11.4 Å². The topological polar surface area (TPSA) is 134 Å². The molecule has 2 rings (SSSR count). The molecule has 0 aliphatic carbocycles. The highest BCUT2D eigenvalue weighted by atomic mass is 16.6. The Morgan fingerprint density at radius 1 is 1.27 bits per heavy atom. The molecule has 0 spiro atoms. The maximum atomic E-state index is 11.1. The number of rotatable bonds is 4. The molecule has 9 heteroatoms. The molecule has 1 aromatic carbocycles. The van der Waals surface area contributed by atoms with Gasteiger partial charge in [-0.2, -0.15) is 0 Å². The summed E-state index contributed by atoms with van der Waals surface area (Å²) < 4.78 is 10.3. The number of aliphatic hydroxyl groups excluding tert-OH is 3. The molecule has 5 atom stereocenters. The molecule has 1 aliphatic heterocycles. The SMILES string of the molecule is COc1ccc(N[C@@H]2O[C@H](C)[C@@H](O)[C@H](O)[C@@H]2O)c([N+](=O)[O-])c1. The van der Waals surface area contributed by atoms with Crippen LogP contribution in [-0.2, 0) is 4.74 Å². The van der Waals surface area contributed by atoms with E-state index in [1.165, 1.54) is 32.2 Å². The van der Waals surface area contributed by atoms with Crippen molar-refractivity contribution in [3.63, 3.8) is 0 Å². The predicted molar refractivity (Wildman–Crippen MR) is 75.6 cm³/mol. The number of methoxy groups -OCH3 is 1. The fourth-order valence-corrected chi connectivity index (χ4v) is 2.24. The number of nitro benzene ring substituents is 1. The van der Waals surface area contributed by atoms with Gasteiger partial charge in [0, 0.05) is 0 Å². The van der Waals surface area contributed by atoms with E-state index >= 15 is 0 Å². The van der Waals surface area contributed by atoms with Crippen molar-refractivity contribution in [2.45, 2.75) is 37.6 Å².